The number of amides is 1. The molecule has 0 N–H and O–H groups in total. The van der Waals surface area contributed by atoms with Crippen LogP contribution in [0.4, 0.5) is 4.39 Å². The molecule has 5 nitrogen and oxygen atoms in total. The number of rotatable bonds is 9. The second kappa shape index (κ2) is 10.5. The molecule has 0 aromatic heterocycles. The summed E-state index contributed by atoms with van der Waals surface area (Å²) < 4.78 is 40.1. The van der Waals surface area contributed by atoms with Crippen LogP contribution >= 0.6 is 0 Å². The number of hydrogen-bond acceptors (Lipinski definition) is 3. The van der Waals surface area contributed by atoms with Crippen molar-refractivity contribution in [3.05, 3.63) is 30.1 Å². The SMILES string of the molecule is CC(C)CCN(CCC(C)C)C(=O)C1CCN(S(=O)(=O)c2ccc(F)cc2)CC1. The maximum atomic E-state index is 13.1. The Labute approximate surface area is 175 Å². The fourth-order valence-electron chi connectivity index (χ4n) is 3.52. The number of carbonyl (C=O) groups is 1. The third-order valence-electron chi connectivity index (χ3n) is 5.52. The van der Waals surface area contributed by atoms with Gasteiger partial charge in [0.25, 0.3) is 0 Å². The molecule has 1 aromatic rings. The molecule has 1 aliphatic rings. The molecule has 0 unspecified atom stereocenters. The van der Waals surface area contributed by atoms with Crippen LogP contribution in [0.3, 0.4) is 0 Å². The minimum absolute atomic E-state index is 0.0965. The molecular formula is C22H35FN2O3S. The first-order chi connectivity index (χ1) is 13.6. The number of benzene rings is 1. The van der Waals surface area contributed by atoms with Gasteiger partial charge in [0.05, 0.1) is 4.90 Å². The summed E-state index contributed by atoms with van der Waals surface area (Å²) in [5, 5.41) is 0. The minimum atomic E-state index is -3.65. The van der Waals surface area contributed by atoms with Gasteiger partial charge in [-0.05, 0) is 61.8 Å². The Morgan fingerprint density at radius 3 is 1.97 bits per heavy atom. The van der Waals surface area contributed by atoms with Crippen molar-refractivity contribution in [2.75, 3.05) is 26.2 Å². The van der Waals surface area contributed by atoms with E-state index in [-0.39, 0.29) is 16.7 Å². The van der Waals surface area contributed by atoms with Crippen LogP contribution in [0.2, 0.25) is 0 Å². The number of piperidine rings is 1. The van der Waals surface area contributed by atoms with Crippen molar-refractivity contribution in [3.63, 3.8) is 0 Å². The smallest absolute Gasteiger partial charge is 0.243 e. The molecule has 7 heteroatoms. The second-order valence-corrected chi connectivity index (χ2v) is 10.8. The third kappa shape index (κ3) is 6.78. The lowest BCUT2D eigenvalue weighted by molar-refractivity contribution is -0.137. The van der Waals surface area contributed by atoms with Gasteiger partial charge in [-0.25, -0.2) is 12.8 Å². The number of carbonyl (C=O) groups excluding carboxylic acids is 1. The molecule has 0 radical (unpaired) electrons. The summed E-state index contributed by atoms with van der Waals surface area (Å²) >= 11 is 0. The van der Waals surface area contributed by atoms with Gasteiger partial charge in [0.2, 0.25) is 15.9 Å². The summed E-state index contributed by atoms with van der Waals surface area (Å²) in [5.41, 5.74) is 0. The van der Waals surface area contributed by atoms with Gasteiger partial charge in [0.1, 0.15) is 5.82 Å². The molecule has 1 heterocycles. The lowest BCUT2D eigenvalue weighted by atomic mass is 9.95. The fourth-order valence-corrected chi connectivity index (χ4v) is 4.99. The largest absolute Gasteiger partial charge is 0.342 e. The average molecular weight is 427 g/mol. The standard InChI is InChI=1S/C22H35FN2O3S/c1-17(2)9-13-24(14-10-18(3)4)22(26)19-11-15-25(16-12-19)29(27,28)21-7-5-20(23)6-8-21/h5-8,17-19H,9-16H2,1-4H3. The topological polar surface area (TPSA) is 57.7 Å². The summed E-state index contributed by atoms with van der Waals surface area (Å²) in [5.74, 6) is 0.634. The van der Waals surface area contributed by atoms with E-state index in [2.05, 4.69) is 27.7 Å². The Kier molecular flexibility index (Phi) is 8.64. The van der Waals surface area contributed by atoms with Gasteiger partial charge < -0.3 is 4.90 Å². The van der Waals surface area contributed by atoms with E-state index in [0.29, 0.717) is 37.8 Å². The highest BCUT2D eigenvalue weighted by atomic mass is 32.2. The molecule has 1 aromatic carbocycles. The Morgan fingerprint density at radius 2 is 1.52 bits per heavy atom. The van der Waals surface area contributed by atoms with Crippen LogP contribution in [0, 0.1) is 23.6 Å². The van der Waals surface area contributed by atoms with Crippen LogP contribution in [0.5, 0.6) is 0 Å². The monoisotopic (exact) mass is 426 g/mol. The van der Waals surface area contributed by atoms with Crippen molar-refractivity contribution in [2.45, 2.75) is 58.3 Å². The van der Waals surface area contributed by atoms with Gasteiger partial charge in [-0.3, -0.25) is 4.79 Å². The third-order valence-corrected chi connectivity index (χ3v) is 7.43. The van der Waals surface area contributed by atoms with E-state index in [1.54, 1.807) is 0 Å². The zero-order valence-electron chi connectivity index (χ0n) is 18.1. The number of hydrogen-bond donors (Lipinski definition) is 0. The van der Waals surface area contributed by atoms with Crippen LogP contribution in [0.15, 0.2) is 29.2 Å². The molecule has 1 amide bonds. The zero-order valence-corrected chi connectivity index (χ0v) is 18.9. The second-order valence-electron chi connectivity index (χ2n) is 8.82. The van der Waals surface area contributed by atoms with E-state index in [9.17, 15) is 17.6 Å². The lowest BCUT2D eigenvalue weighted by Gasteiger charge is -2.34. The predicted molar refractivity (Wildman–Crippen MR) is 113 cm³/mol. The summed E-state index contributed by atoms with van der Waals surface area (Å²) in [4.78, 5) is 15.2. The van der Waals surface area contributed by atoms with Gasteiger partial charge >= 0.3 is 0 Å². The zero-order chi connectivity index (χ0) is 21.6. The van der Waals surface area contributed by atoms with E-state index in [4.69, 9.17) is 0 Å². The van der Waals surface area contributed by atoms with E-state index >= 15 is 0 Å². The van der Waals surface area contributed by atoms with Crippen LogP contribution in [-0.2, 0) is 14.8 Å². The molecule has 0 aliphatic carbocycles. The Bertz CT molecular complexity index is 743. The van der Waals surface area contributed by atoms with Gasteiger partial charge in [-0.1, -0.05) is 27.7 Å². The molecular weight excluding hydrogens is 391 g/mol. The summed E-state index contributed by atoms with van der Waals surface area (Å²) in [6.45, 7) is 10.8. The first-order valence-corrected chi connectivity index (χ1v) is 12.1. The maximum Gasteiger partial charge on any atom is 0.243 e. The summed E-state index contributed by atoms with van der Waals surface area (Å²) in [7, 11) is -3.65. The molecule has 2 rings (SSSR count). The molecule has 0 saturated carbocycles. The van der Waals surface area contributed by atoms with Gasteiger partial charge in [-0.15, -0.1) is 0 Å². The van der Waals surface area contributed by atoms with Crippen molar-refractivity contribution in [2.24, 2.45) is 17.8 Å². The van der Waals surface area contributed by atoms with Crippen LogP contribution < -0.4 is 0 Å². The highest BCUT2D eigenvalue weighted by Crippen LogP contribution is 2.26. The Balaban J connectivity index is 1.99. The van der Waals surface area contributed by atoms with Crippen LogP contribution in [0.1, 0.15) is 53.4 Å². The van der Waals surface area contributed by atoms with Gasteiger partial charge in [-0.2, -0.15) is 4.31 Å². The molecule has 0 atom stereocenters. The van der Waals surface area contributed by atoms with E-state index in [0.717, 1.165) is 38.1 Å². The molecule has 1 saturated heterocycles. The Morgan fingerprint density at radius 1 is 1.03 bits per heavy atom. The molecule has 164 valence electrons. The number of sulfonamides is 1. The first kappa shape index (κ1) is 23.8. The summed E-state index contributed by atoms with van der Waals surface area (Å²) in [6.07, 6.45) is 3.00. The highest BCUT2D eigenvalue weighted by molar-refractivity contribution is 7.89. The van der Waals surface area contributed by atoms with Crippen molar-refractivity contribution < 1.29 is 17.6 Å². The highest BCUT2D eigenvalue weighted by Gasteiger charge is 2.33. The van der Waals surface area contributed by atoms with E-state index in [1.807, 2.05) is 4.90 Å². The van der Waals surface area contributed by atoms with E-state index in [1.165, 1.54) is 16.4 Å². The van der Waals surface area contributed by atoms with Crippen LogP contribution in [-0.4, -0.2) is 49.7 Å². The predicted octanol–water partition coefficient (Wildman–Crippen LogP) is 4.15. The van der Waals surface area contributed by atoms with Crippen molar-refractivity contribution in [1.29, 1.82) is 0 Å². The Hall–Kier alpha value is -1.47. The van der Waals surface area contributed by atoms with Crippen molar-refractivity contribution in [3.8, 4) is 0 Å². The normalized spacial score (nSPS) is 16.5. The maximum absolute atomic E-state index is 13.1. The van der Waals surface area contributed by atoms with E-state index < -0.39 is 15.8 Å². The first-order valence-electron chi connectivity index (χ1n) is 10.7. The molecule has 29 heavy (non-hydrogen) atoms. The summed E-state index contributed by atoms with van der Waals surface area (Å²) in [6, 6.07) is 4.90. The average Bonchev–Trinajstić information content (AvgIpc) is 2.67. The lowest BCUT2D eigenvalue weighted by Crippen LogP contribution is -2.45. The molecule has 1 aliphatic heterocycles. The molecule has 0 spiro atoms. The van der Waals surface area contributed by atoms with Crippen molar-refractivity contribution in [1.82, 2.24) is 9.21 Å². The number of halogens is 1. The molecule has 1 fully saturated rings. The quantitative estimate of drug-likeness (QED) is 0.596. The van der Waals surface area contributed by atoms with Crippen LogP contribution in [0.25, 0.3) is 0 Å². The number of nitrogens with zero attached hydrogens (tertiary/aromatic N) is 2. The minimum Gasteiger partial charge on any atom is -0.342 e. The van der Waals surface area contributed by atoms with Gasteiger partial charge in [0, 0.05) is 32.1 Å². The van der Waals surface area contributed by atoms with Crippen molar-refractivity contribution >= 4 is 15.9 Å². The van der Waals surface area contributed by atoms with Gasteiger partial charge in [0.15, 0.2) is 0 Å². The molecule has 0 bridgehead atoms. The fraction of sp³-hybridized carbons (Fsp3) is 0.682.